The molecule has 2 N–H and O–H groups in total. The van der Waals surface area contributed by atoms with Crippen molar-refractivity contribution >= 4 is 5.91 Å². The van der Waals surface area contributed by atoms with Crippen LogP contribution in [0.4, 0.5) is 0 Å². The lowest BCUT2D eigenvalue weighted by Crippen LogP contribution is -2.39. The van der Waals surface area contributed by atoms with Crippen molar-refractivity contribution in [2.75, 3.05) is 13.1 Å². The number of hydrogen-bond donors (Lipinski definition) is 1. The van der Waals surface area contributed by atoms with Crippen molar-refractivity contribution in [1.29, 1.82) is 0 Å². The summed E-state index contributed by atoms with van der Waals surface area (Å²) in [6.45, 7) is 1.81. The molecule has 0 heterocycles. The van der Waals surface area contributed by atoms with Crippen molar-refractivity contribution in [2.45, 2.75) is 25.8 Å². The number of hydrogen-bond acceptors (Lipinski definition) is 2. The first-order valence-electron chi connectivity index (χ1n) is 6.99. The summed E-state index contributed by atoms with van der Waals surface area (Å²) in [6.07, 6.45) is 7.13. The molecule has 1 aliphatic carbocycles. The van der Waals surface area contributed by atoms with Crippen molar-refractivity contribution in [2.24, 2.45) is 11.7 Å². The minimum atomic E-state index is 0.139. The molecule has 0 spiro atoms. The maximum atomic E-state index is 12.5. The van der Waals surface area contributed by atoms with Crippen LogP contribution in [0.15, 0.2) is 42.5 Å². The van der Waals surface area contributed by atoms with Gasteiger partial charge < -0.3 is 10.6 Å². The average Bonchev–Trinajstić information content (AvgIpc) is 2.48. The van der Waals surface area contributed by atoms with Crippen molar-refractivity contribution in [3.05, 3.63) is 48.0 Å². The zero-order chi connectivity index (χ0) is 13.5. The monoisotopic (exact) mass is 258 g/mol. The Morgan fingerprint density at radius 1 is 1.26 bits per heavy atom. The number of rotatable bonds is 5. The molecule has 1 aliphatic rings. The molecule has 1 atom stereocenters. The number of nitrogens with two attached hydrogens (primary N) is 1. The van der Waals surface area contributed by atoms with E-state index in [4.69, 9.17) is 5.73 Å². The molecule has 0 fully saturated rings. The molecule has 1 aromatic carbocycles. The Morgan fingerprint density at radius 2 is 2.05 bits per heavy atom. The Morgan fingerprint density at radius 3 is 2.68 bits per heavy atom. The molecule has 0 radical (unpaired) electrons. The number of carbonyl (C=O) groups excluding carboxylic acids is 1. The van der Waals surface area contributed by atoms with E-state index in [-0.39, 0.29) is 11.8 Å². The summed E-state index contributed by atoms with van der Waals surface area (Å²) in [7, 11) is 0. The van der Waals surface area contributed by atoms with E-state index in [1.54, 1.807) is 0 Å². The first-order chi connectivity index (χ1) is 9.31. The topological polar surface area (TPSA) is 46.3 Å². The maximum absolute atomic E-state index is 12.5. The second-order valence-electron chi connectivity index (χ2n) is 5.02. The van der Waals surface area contributed by atoms with E-state index in [2.05, 4.69) is 24.3 Å². The second-order valence-corrected chi connectivity index (χ2v) is 5.02. The van der Waals surface area contributed by atoms with Crippen LogP contribution in [0.2, 0.25) is 0 Å². The highest BCUT2D eigenvalue weighted by Gasteiger charge is 2.23. The van der Waals surface area contributed by atoms with Gasteiger partial charge in [-0.25, -0.2) is 0 Å². The van der Waals surface area contributed by atoms with E-state index in [1.807, 2.05) is 23.1 Å². The standard InChI is InChI=1S/C16H22N2O/c17-11-12-18(13-14-7-3-1-4-8-14)16(19)15-9-5-2-6-10-15/h1-5,7-8,15H,6,9-13,17H2. The zero-order valence-electron chi connectivity index (χ0n) is 11.3. The Kier molecular flexibility index (Phi) is 5.16. The van der Waals surface area contributed by atoms with Crippen molar-refractivity contribution in [1.82, 2.24) is 4.90 Å². The molecule has 1 unspecified atom stereocenters. The van der Waals surface area contributed by atoms with E-state index in [0.29, 0.717) is 19.6 Å². The van der Waals surface area contributed by atoms with Gasteiger partial charge in [-0.15, -0.1) is 0 Å². The molecule has 0 saturated heterocycles. The number of allylic oxidation sites excluding steroid dienone is 2. The normalized spacial score (nSPS) is 18.3. The molecule has 0 aromatic heterocycles. The fourth-order valence-electron chi connectivity index (χ4n) is 2.50. The highest BCUT2D eigenvalue weighted by atomic mass is 16.2. The summed E-state index contributed by atoms with van der Waals surface area (Å²) in [6, 6.07) is 10.1. The molecule has 19 heavy (non-hydrogen) atoms. The lowest BCUT2D eigenvalue weighted by atomic mass is 9.93. The molecule has 1 amide bonds. The van der Waals surface area contributed by atoms with Gasteiger partial charge in [0.05, 0.1) is 0 Å². The summed E-state index contributed by atoms with van der Waals surface area (Å²) in [5.74, 6) is 0.388. The highest BCUT2D eigenvalue weighted by Crippen LogP contribution is 2.21. The number of amides is 1. The van der Waals surface area contributed by atoms with Gasteiger partial charge in [-0.05, 0) is 24.8 Å². The quantitative estimate of drug-likeness (QED) is 0.824. The second kappa shape index (κ2) is 7.10. The lowest BCUT2D eigenvalue weighted by Gasteiger charge is -2.27. The zero-order valence-corrected chi connectivity index (χ0v) is 11.3. The van der Waals surface area contributed by atoms with Crippen molar-refractivity contribution in [3.8, 4) is 0 Å². The third-order valence-electron chi connectivity index (χ3n) is 3.55. The smallest absolute Gasteiger partial charge is 0.226 e. The van der Waals surface area contributed by atoms with Crippen LogP contribution in [0, 0.1) is 5.92 Å². The molecular weight excluding hydrogens is 236 g/mol. The van der Waals surface area contributed by atoms with Gasteiger partial charge in [0.15, 0.2) is 0 Å². The SMILES string of the molecule is NCCN(Cc1ccccc1)C(=O)C1CC=CCC1. The molecule has 2 rings (SSSR count). The van der Waals surface area contributed by atoms with E-state index in [9.17, 15) is 4.79 Å². The summed E-state index contributed by atoms with van der Waals surface area (Å²) in [5, 5.41) is 0. The van der Waals surface area contributed by atoms with Crippen molar-refractivity contribution in [3.63, 3.8) is 0 Å². The van der Waals surface area contributed by atoms with Gasteiger partial charge in [0.25, 0.3) is 0 Å². The van der Waals surface area contributed by atoms with Gasteiger partial charge in [-0.1, -0.05) is 42.5 Å². The molecule has 0 saturated carbocycles. The Balaban J connectivity index is 2.02. The Bertz CT molecular complexity index is 428. The van der Waals surface area contributed by atoms with Crippen molar-refractivity contribution < 1.29 is 4.79 Å². The van der Waals surface area contributed by atoms with Crippen LogP contribution in [0.5, 0.6) is 0 Å². The molecule has 3 nitrogen and oxygen atoms in total. The number of nitrogens with zero attached hydrogens (tertiary/aromatic N) is 1. The fraction of sp³-hybridized carbons (Fsp3) is 0.438. The summed E-state index contributed by atoms with van der Waals surface area (Å²) >= 11 is 0. The van der Waals surface area contributed by atoms with Gasteiger partial charge >= 0.3 is 0 Å². The van der Waals surface area contributed by atoms with Crippen LogP contribution in [0.1, 0.15) is 24.8 Å². The van der Waals surface area contributed by atoms with E-state index >= 15 is 0 Å². The minimum absolute atomic E-state index is 0.139. The van der Waals surface area contributed by atoms with Gasteiger partial charge in [0.1, 0.15) is 0 Å². The van der Waals surface area contributed by atoms with Gasteiger partial charge in [0, 0.05) is 25.6 Å². The molecule has 0 aliphatic heterocycles. The van der Waals surface area contributed by atoms with Gasteiger partial charge in [-0.3, -0.25) is 4.79 Å². The summed E-state index contributed by atoms with van der Waals surface area (Å²) < 4.78 is 0. The predicted molar refractivity (Wildman–Crippen MR) is 77.4 cm³/mol. The molecule has 102 valence electrons. The number of carbonyl (C=O) groups is 1. The minimum Gasteiger partial charge on any atom is -0.337 e. The third kappa shape index (κ3) is 3.93. The summed E-state index contributed by atoms with van der Waals surface area (Å²) in [4.78, 5) is 14.4. The van der Waals surface area contributed by atoms with Crippen LogP contribution in [-0.4, -0.2) is 23.9 Å². The number of benzene rings is 1. The van der Waals surface area contributed by atoms with Gasteiger partial charge in [-0.2, -0.15) is 0 Å². The Hall–Kier alpha value is -1.61. The molecular formula is C16H22N2O. The predicted octanol–water partition coefficient (Wildman–Crippen LogP) is 2.33. The first kappa shape index (κ1) is 13.8. The van der Waals surface area contributed by atoms with Gasteiger partial charge in [0.2, 0.25) is 5.91 Å². The van der Waals surface area contributed by atoms with Crippen LogP contribution in [0.3, 0.4) is 0 Å². The average molecular weight is 258 g/mol. The molecule has 1 aromatic rings. The lowest BCUT2D eigenvalue weighted by molar-refractivity contribution is -0.136. The van der Waals surface area contributed by atoms with E-state index in [1.165, 1.54) is 0 Å². The van der Waals surface area contributed by atoms with Crippen LogP contribution in [-0.2, 0) is 11.3 Å². The van der Waals surface area contributed by atoms with Crippen LogP contribution < -0.4 is 5.73 Å². The van der Waals surface area contributed by atoms with E-state index in [0.717, 1.165) is 24.8 Å². The van der Waals surface area contributed by atoms with Crippen LogP contribution >= 0.6 is 0 Å². The molecule has 3 heteroatoms. The van der Waals surface area contributed by atoms with Crippen LogP contribution in [0.25, 0.3) is 0 Å². The fourth-order valence-corrected chi connectivity index (χ4v) is 2.50. The molecule has 0 bridgehead atoms. The maximum Gasteiger partial charge on any atom is 0.226 e. The summed E-state index contributed by atoms with van der Waals surface area (Å²) in [5.41, 5.74) is 6.81. The third-order valence-corrected chi connectivity index (χ3v) is 3.55. The Labute approximate surface area is 115 Å². The largest absolute Gasteiger partial charge is 0.337 e. The highest BCUT2D eigenvalue weighted by molar-refractivity contribution is 5.79. The van der Waals surface area contributed by atoms with E-state index < -0.39 is 0 Å². The first-order valence-corrected chi connectivity index (χ1v) is 6.99.